The summed E-state index contributed by atoms with van der Waals surface area (Å²) in [6, 6.07) is 15.4. The summed E-state index contributed by atoms with van der Waals surface area (Å²) in [5, 5.41) is 2.79. The predicted molar refractivity (Wildman–Crippen MR) is 86.8 cm³/mol. The van der Waals surface area contributed by atoms with Crippen molar-refractivity contribution in [2.24, 2.45) is 4.99 Å². The van der Waals surface area contributed by atoms with E-state index in [0.717, 1.165) is 16.7 Å². The Morgan fingerprint density at radius 3 is 2.64 bits per heavy atom. The number of amides is 1. The lowest BCUT2D eigenvalue weighted by Crippen LogP contribution is -2.24. The number of aliphatic imine (C=N–C) groups is 1. The van der Waals surface area contributed by atoms with Crippen LogP contribution >= 0.6 is 0 Å². The zero-order chi connectivity index (χ0) is 15.5. The van der Waals surface area contributed by atoms with Crippen LogP contribution in [0.15, 0.2) is 59.2 Å². The van der Waals surface area contributed by atoms with E-state index in [4.69, 9.17) is 4.74 Å². The second-order valence-electron chi connectivity index (χ2n) is 5.06. The van der Waals surface area contributed by atoms with Crippen molar-refractivity contribution in [1.82, 2.24) is 5.32 Å². The molecule has 3 rings (SSSR count). The monoisotopic (exact) mass is 292 g/mol. The molecule has 0 atom stereocenters. The molecule has 2 aromatic carbocycles. The third-order valence-electron chi connectivity index (χ3n) is 3.42. The standard InChI is InChI=1S/C18H16N2O2/c1-12-8-9-16(22-2)14(10-12)11-15-18(21)20-17(19-15)13-6-4-3-5-7-13/h3-11H,1-2H3,(H,19,20,21)/b15-11+. The summed E-state index contributed by atoms with van der Waals surface area (Å²) < 4.78 is 5.33. The van der Waals surface area contributed by atoms with Gasteiger partial charge in [-0.05, 0) is 25.1 Å². The Bertz CT molecular complexity index is 777. The molecule has 1 aliphatic heterocycles. The SMILES string of the molecule is COc1ccc(C)cc1/C=C1/N=C(c2ccccc2)NC1=O. The minimum absolute atomic E-state index is 0.206. The van der Waals surface area contributed by atoms with Crippen LogP contribution in [0.2, 0.25) is 0 Å². The fraction of sp³-hybridized carbons (Fsp3) is 0.111. The van der Waals surface area contributed by atoms with E-state index >= 15 is 0 Å². The van der Waals surface area contributed by atoms with Crippen LogP contribution in [-0.2, 0) is 4.79 Å². The largest absolute Gasteiger partial charge is 0.496 e. The van der Waals surface area contributed by atoms with Gasteiger partial charge in [0.05, 0.1) is 7.11 Å². The fourth-order valence-electron chi connectivity index (χ4n) is 2.32. The van der Waals surface area contributed by atoms with Crippen molar-refractivity contribution in [3.8, 4) is 5.75 Å². The highest BCUT2D eigenvalue weighted by Crippen LogP contribution is 2.24. The molecule has 2 aromatic rings. The number of benzene rings is 2. The summed E-state index contributed by atoms with van der Waals surface area (Å²) in [5.74, 6) is 1.08. The Morgan fingerprint density at radius 2 is 1.91 bits per heavy atom. The number of rotatable bonds is 3. The molecule has 4 nitrogen and oxygen atoms in total. The highest BCUT2D eigenvalue weighted by Gasteiger charge is 2.21. The number of methoxy groups -OCH3 is 1. The first kappa shape index (κ1) is 14.1. The Kier molecular flexibility index (Phi) is 3.74. The number of carbonyl (C=O) groups is 1. The van der Waals surface area contributed by atoms with Gasteiger partial charge in [-0.25, -0.2) is 4.99 Å². The van der Waals surface area contributed by atoms with Gasteiger partial charge in [-0.1, -0.05) is 42.0 Å². The summed E-state index contributed by atoms with van der Waals surface area (Å²) in [7, 11) is 1.61. The van der Waals surface area contributed by atoms with Crippen molar-refractivity contribution in [3.05, 3.63) is 70.9 Å². The normalized spacial score (nSPS) is 15.6. The molecule has 0 saturated heterocycles. The molecule has 4 heteroatoms. The minimum Gasteiger partial charge on any atom is -0.496 e. The van der Waals surface area contributed by atoms with Crippen LogP contribution in [0.3, 0.4) is 0 Å². The molecule has 0 fully saturated rings. The molecule has 0 radical (unpaired) electrons. The quantitative estimate of drug-likeness (QED) is 0.884. The summed E-state index contributed by atoms with van der Waals surface area (Å²) in [4.78, 5) is 16.5. The van der Waals surface area contributed by atoms with E-state index in [0.29, 0.717) is 17.3 Å². The molecule has 0 saturated carbocycles. The van der Waals surface area contributed by atoms with Gasteiger partial charge in [-0.2, -0.15) is 0 Å². The average Bonchev–Trinajstić information content (AvgIpc) is 2.90. The second kappa shape index (κ2) is 5.85. The van der Waals surface area contributed by atoms with Crippen molar-refractivity contribution in [2.75, 3.05) is 7.11 Å². The van der Waals surface area contributed by atoms with Gasteiger partial charge in [0, 0.05) is 11.1 Å². The number of hydrogen-bond acceptors (Lipinski definition) is 3. The van der Waals surface area contributed by atoms with Crippen LogP contribution in [0.4, 0.5) is 0 Å². The lowest BCUT2D eigenvalue weighted by atomic mass is 10.1. The molecule has 0 unspecified atom stereocenters. The molecular formula is C18H16N2O2. The highest BCUT2D eigenvalue weighted by atomic mass is 16.5. The lowest BCUT2D eigenvalue weighted by Gasteiger charge is -2.05. The molecule has 110 valence electrons. The summed E-state index contributed by atoms with van der Waals surface area (Å²) in [6.45, 7) is 1.99. The van der Waals surface area contributed by atoms with E-state index < -0.39 is 0 Å². The summed E-state index contributed by atoms with van der Waals surface area (Å²) in [6.07, 6.45) is 1.75. The van der Waals surface area contributed by atoms with Crippen molar-refractivity contribution in [1.29, 1.82) is 0 Å². The van der Waals surface area contributed by atoms with Crippen LogP contribution in [0, 0.1) is 6.92 Å². The van der Waals surface area contributed by atoms with Crippen molar-refractivity contribution >= 4 is 17.8 Å². The van der Waals surface area contributed by atoms with Gasteiger partial charge >= 0.3 is 0 Å². The number of amidine groups is 1. The smallest absolute Gasteiger partial charge is 0.275 e. The van der Waals surface area contributed by atoms with Crippen LogP contribution in [0.5, 0.6) is 5.75 Å². The third-order valence-corrected chi connectivity index (χ3v) is 3.42. The van der Waals surface area contributed by atoms with E-state index in [1.165, 1.54) is 0 Å². The van der Waals surface area contributed by atoms with Gasteiger partial charge in [-0.15, -0.1) is 0 Å². The highest BCUT2D eigenvalue weighted by molar-refractivity contribution is 6.19. The van der Waals surface area contributed by atoms with Gasteiger partial charge in [0.25, 0.3) is 5.91 Å². The van der Waals surface area contributed by atoms with Crippen LogP contribution in [0.25, 0.3) is 6.08 Å². The zero-order valence-corrected chi connectivity index (χ0v) is 12.5. The second-order valence-corrected chi connectivity index (χ2v) is 5.06. The fourth-order valence-corrected chi connectivity index (χ4v) is 2.32. The Morgan fingerprint density at radius 1 is 1.14 bits per heavy atom. The molecule has 0 spiro atoms. The number of hydrogen-bond donors (Lipinski definition) is 1. The maximum absolute atomic E-state index is 12.1. The topological polar surface area (TPSA) is 50.7 Å². The zero-order valence-electron chi connectivity index (χ0n) is 12.5. The lowest BCUT2D eigenvalue weighted by molar-refractivity contribution is -0.115. The van der Waals surface area contributed by atoms with E-state index in [-0.39, 0.29) is 5.91 Å². The van der Waals surface area contributed by atoms with Crippen LogP contribution in [-0.4, -0.2) is 18.9 Å². The maximum Gasteiger partial charge on any atom is 0.275 e. The van der Waals surface area contributed by atoms with Gasteiger partial charge < -0.3 is 10.1 Å². The number of aryl methyl sites for hydroxylation is 1. The number of nitrogens with one attached hydrogen (secondary N) is 1. The summed E-state index contributed by atoms with van der Waals surface area (Å²) in [5.41, 5.74) is 3.20. The van der Waals surface area contributed by atoms with Gasteiger partial charge in [0.2, 0.25) is 0 Å². The van der Waals surface area contributed by atoms with E-state index in [1.807, 2.05) is 55.5 Å². The molecule has 0 bridgehead atoms. The molecule has 22 heavy (non-hydrogen) atoms. The Balaban J connectivity index is 2.00. The molecule has 1 aliphatic rings. The summed E-state index contributed by atoms with van der Waals surface area (Å²) >= 11 is 0. The Hall–Kier alpha value is -2.88. The van der Waals surface area contributed by atoms with Gasteiger partial charge in [-0.3, -0.25) is 4.79 Å². The minimum atomic E-state index is -0.206. The average molecular weight is 292 g/mol. The number of ether oxygens (including phenoxy) is 1. The Labute approximate surface area is 129 Å². The molecule has 1 amide bonds. The van der Waals surface area contributed by atoms with Gasteiger partial charge in [0.15, 0.2) is 0 Å². The first-order valence-electron chi connectivity index (χ1n) is 6.99. The van der Waals surface area contributed by atoms with Crippen molar-refractivity contribution in [2.45, 2.75) is 6.92 Å². The molecule has 0 aliphatic carbocycles. The molecular weight excluding hydrogens is 276 g/mol. The van der Waals surface area contributed by atoms with Crippen molar-refractivity contribution < 1.29 is 9.53 Å². The number of carbonyl (C=O) groups excluding carboxylic acids is 1. The van der Waals surface area contributed by atoms with Crippen LogP contribution < -0.4 is 10.1 Å². The van der Waals surface area contributed by atoms with Crippen LogP contribution in [0.1, 0.15) is 16.7 Å². The number of nitrogens with zero attached hydrogens (tertiary/aromatic N) is 1. The maximum atomic E-state index is 12.1. The van der Waals surface area contributed by atoms with E-state index in [1.54, 1.807) is 13.2 Å². The van der Waals surface area contributed by atoms with E-state index in [9.17, 15) is 4.79 Å². The molecule has 0 aromatic heterocycles. The predicted octanol–water partition coefficient (Wildman–Crippen LogP) is 2.92. The van der Waals surface area contributed by atoms with E-state index in [2.05, 4.69) is 10.3 Å². The van der Waals surface area contributed by atoms with Crippen molar-refractivity contribution in [3.63, 3.8) is 0 Å². The first-order chi connectivity index (χ1) is 10.7. The molecule has 1 N–H and O–H groups in total. The third kappa shape index (κ3) is 2.76. The van der Waals surface area contributed by atoms with Gasteiger partial charge in [0.1, 0.15) is 17.3 Å². The first-order valence-corrected chi connectivity index (χ1v) is 6.99. The molecule has 1 heterocycles.